The normalized spacial score (nSPS) is 10.5. The van der Waals surface area contributed by atoms with Gasteiger partial charge in [0.2, 0.25) is 5.91 Å². The summed E-state index contributed by atoms with van der Waals surface area (Å²) in [7, 11) is -4.02. The lowest BCUT2D eigenvalue weighted by Gasteiger charge is -1.95. The molecule has 108 valence electrons. The molecule has 0 aliphatic heterocycles. The predicted molar refractivity (Wildman–Crippen MR) is 74.3 cm³/mol. The fourth-order valence-electron chi connectivity index (χ4n) is 1.26. The first kappa shape index (κ1) is 17.6. The zero-order valence-electron chi connectivity index (χ0n) is 11.3. The van der Waals surface area contributed by atoms with Crippen molar-refractivity contribution < 1.29 is 17.8 Å². The molecule has 0 saturated heterocycles. The molecule has 19 heavy (non-hydrogen) atoms. The number of unbranched alkanes of at least 4 members (excludes halogenated alkanes) is 2. The van der Waals surface area contributed by atoms with E-state index in [-0.39, 0.29) is 10.8 Å². The molecule has 0 fully saturated rings. The number of nitrogens with two attached hydrogens (primary N) is 1. The maximum absolute atomic E-state index is 10.5. The standard InChI is InChI=1S/C7H8O3S.C6H13NO/c1-6-2-4-7(5-3-6)11(8,9)10;1-2-3-4-5-6(7)8/h2-5H,1H3,(H,8,9,10);2-5H2,1H3,(H2,7,8). The van der Waals surface area contributed by atoms with Crippen LogP contribution in [-0.4, -0.2) is 18.9 Å². The molecular weight excluding hydrogens is 266 g/mol. The Morgan fingerprint density at radius 3 is 2.11 bits per heavy atom. The van der Waals surface area contributed by atoms with Gasteiger partial charge in [0.15, 0.2) is 0 Å². The number of carbonyl (C=O) groups excluding carboxylic acids is 1. The molecule has 0 aromatic heterocycles. The molecule has 0 aliphatic carbocycles. The summed E-state index contributed by atoms with van der Waals surface area (Å²) in [5.41, 5.74) is 5.85. The Kier molecular flexibility index (Phi) is 8.02. The molecule has 0 aliphatic rings. The van der Waals surface area contributed by atoms with E-state index in [2.05, 4.69) is 6.92 Å². The Bertz CT molecular complexity index is 480. The summed E-state index contributed by atoms with van der Waals surface area (Å²) in [5, 5.41) is 0. The van der Waals surface area contributed by atoms with Crippen LogP contribution in [0.25, 0.3) is 0 Å². The van der Waals surface area contributed by atoms with E-state index >= 15 is 0 Å². The van der Waals surface area contributed by atoms with Crippen LogP contribution < -0.4 is 5.73 Å². The molecule has 1 rings (SSSR count). The van der Waals surface area contributed by atoms with Gasteiger partial charge in [0, 0.05) is 6.42 Å². The molecule has 0 heterocycles. The molecule has 0 atom stereocenters. The maximum Gasteiger partial charge on any atom is 0.294 e. The Labute approximate surface area is 114 Å². The highest BCUT2D eigenvalue weighted by Crippen LogP contribution is 2.08. The van der Waals surface area contributed by atoms with Crippen LogP contribution in [0.5, 0.6) is 0 Å². The number of aryl methyl sites for hydroxylation is 1. The van der Waals surface area contributed by atoms with E-state index in [1.807, 2.05) is 6.92 Å². The lowest BCUT2D eigenvalue weighted by atomic mass is 10.2. The second-order valence-electron chi connectivity index (χ2n) is 4.21. The summed E-state index contributed by atoms with van der Waals surface area (Å²) in [5.74, 6) is -0.182. The van der Waals surface area contributed by atoms with E-state index in [0.29, 0.717) is 6.42 Å². The smallest absolute Gasteiger partial charge is 0.294 e. The molecular formula is C13H21NO4S. The number of hydrogen-bond acceptors (Lipinski definition) is 3. The van der Waals surface area contributed by atoms with E-state index in [9.17, 15) is 13.2 Å². The van der Waals surface area contributed by atoms with Gasteiger partial charge in [-0.15, -0.1) is 0 Å². The first-order valence-corrected chi connectivity index (χ1v) is 7.53. The zero-order valence-corrected chi connectivity index (χ0v) is 12.1. The van der Waals surface area contributed by atoms with Crippen molar-refractivity contribution in [3.63, 3.8) is 0 Å². The summed E-state index contributed by atoms with van der Waals surface area (Å²) in [6.45, 7) is 3.94. The average molecular weight is 287 g/mol. The summed E-state index contributed by atoms with van der Waals surface area (Å²) < 4.78 is 29.6. The van der Waals surface area contributed by atoms with E-state index in [4.69, 9.17) is 10.3 Å². The summed E-state index contributed by atoms with van der Waals surface area (Å²) in [4.78, 5) is 10.0. The number of primary amides is 1. The minimum atomic E-state index is -4.02. The first-order chi connectivity index (χ1) is 8.77. The van der Waals surface area contributed by atoms with Gasteiger partial charge in [0.25, 0.3) is 10.1 Å². The summed E-state index contributed by atoms with van der Waals surface area (Å²) >= 11 is 0. The van der Waals surface area contributed by atoms with Crippen LogP contribution in [0.1, 0.15) is 38.2 Å². The summed E-state index contributed by atoms with van der Waals surface area (Å²) in [6.07, 6.45) is 3.76. The van der Waals surface area contributed by atoms with Crippen LogP contribution in [0.15, 0.2) is 29.2 Å². The van der Waals surface area contributed by atoms with Crippen LogP contribution in [0, 0.1) is 6.92 Å². The number of rotatable bonds is 5. The monoisotopic (exact) mass is 287 g/mol. The zero-order chi connectivity index (χ0) is 14.9. The minimum Gasteiger partial charge on any atom is -0.370 e. The molecule has 1 aromatic rings. The molecule has 6 heteroatoms. The number of amides is 1. The first-order valence-electron chi connectivity index (χ1n) is 6.09. The van der Waals surface area contributed by atoms with Crippen LogP contribution in [-0.2, 0) is 14.9 Å². The number of hydrogen-bond donors (Lipinski definition) is 2. The van der Waals surface area contributed by atoms with Crippen molar-refractivity contribution in [2.45, 2.75) is 44.4 Å². The van der Waals surface area contributed by atoms with Crippen LogP contribution in [0.3, 0.4) is 0 Å². The van der Waals surface area contributed by atoms with E-state index < -0.39 is 10.1 Å². The molecule has 0 unspecified atom stereocenters. The molecule has 1 amide bonds. The number of carbonyl (C=O) groups is 1. The van der Waals surface area contributed by atoms with Gasteiger partial charge < -0.3 is 5.73 Å². The van der Waals surface area contributed by atoms with Crippen LogP contribution in [0.4, 0.5) is 0 Å². The number of benzene rings is 1. The van der Waals surface area contributed by atoms with Gasteiger partial charge in [-0.25, -0.2) is 0 Å². The highest BCUT2D eigenvalue weighted by Gasteiger charge is 2.06. The van der Waals surface area contributed by atoms with Crippen LogP contribution in [0.2, 0.25) is 0 Å². The van der Waals surface area contributed by atoms with Crippen molar-refractivity contribution in [1.82, 2.24) is 0 Å². The van der Waals surface area contributed by atoms with Gasteiger partial charge in [-0.05, 0) is 25.5 Å². The minimum absolute atomic E-state index is 0.0666. The van der Waals surface area contributed by atoms with Crippen molar-refractivity contribution in [3.8, 4) is 0 Å². The largest absolute Gasteiger partial charge is 0.370 e. The van der Waals surface area contributed by atoms with Gasteiger partial charge in [-0.1, -0.05) is 37.5 Å². The van der Waals surface area contributed by atoms with Gasteiger partial charge in [-0.2, -0.15) is 8.42 Å². The lowest BCUT2D eigenvalue weighted by Crippen LogP contribution is -2.09. The fourth-order valence-corrected chi connectivity index (χ4v) is 1.74. The molecule has 0 radical (unpaired) electrons. The van der Waals surface area contributed by atoms with Crippen molar-refractivity contribution in [2.75, 3.05) is 0 Å². The Balaban J connectivity index is 0.000000362. The van der Waals surface area contributed by atoms with Crippen molar-refractivity contribution in [1.29, 1.82) is 0 Å². The maximum atomic E-state index is 10.5. The van der Waals surface area contributed by atoms with E-state index in [1.165, 1.54) is 12.1 Å². The Morgan fingerprint density at radius 2 is 1.74 bits per heavy atom. The lowest BCUT2D eigenvalue weighted by molar-refractivity contribution is -0.118. The van der Waals surface area contributed by atoms with E-state index in [0.717, 1.165) is 24.8 Å². The molecule has 0 bridgehead atoms. The van der Waals surface area contributed by atoms with Gasteiger partial charge >= 0.3 is 0 Å². The molecule has 0 saturated carbocycles. The van der Waals surface area contributed by atoms with Crippen molar-refractivity contribution in [3.05, 3.63) is 29.8 Å². The molecule has 5 nitrogen and oxygen atoms in total. The van der Waals surface area contributed by atoms with Gasteiger partial charge in [0.1, 0.15) is 0 Å². The fraction of sp³-hybridized carbons (Fsp3) is 0.462. The molecule has 3 N–H and O–H groups in total. The Morgan fingerprint density at radius 1 is 1.21 bits per heavy atom. The average Bonchev–Trinajstić information content (AvgIpc) is 2.29. The third kappa shape index (κ3) is 9.21. The highest BCUT2D eigenvalue weighted by atomic mass is 32.2. The van der Waals surface area contributed by atoms with Crippen molar-refractivity contribution in [2.24, 2.45) is 5.73 Å². The second-order valence-corrected chi connectivity index (χ2v) is 5.63. The van der Waals surface area contributed by atoms with Gasteiger partial charge in [0.05, 0.1) is 4.90 Å². The summed E-state index contributed by atoms with van der Waals surface area (Å²) in [6, 6.07) is 5.99. The quantitative estimate of drug-likeness (QED) is 0.641. The Hall–Kier alpha value is -1.40. The molecule has 0 spiro atoms. The van der Waals surface area contributed by atoms with E-state index in [1.54, 1.807) is 12.1 Å². The van der Waals surface area contributed by atoms with Crippen molar-refractivity contribution >= 4 is 16.0 Å². The van der Waals surface area contributed by atoms with Gasteiger partial charge in [-0.3, -0.25) is 9.35 Å². The SMILES string of the molecule is CCCCCC(N)=O.Cc1ccc(S(=O)(=O)O)cc1. The molecule has 1 aromatic carbocycles. The topological polar surface area (TPSA) is 97.5 Å². The third-order valence-electron chi connectivity index (χ3n) is 2.35. The van der Waals surface area contributed by atoms with Crippen LogP contribution >= 0.6 is 0 Å². The predicted octanol–water partition coefficient (Wildman–Crippen LogP) is 2.29. The highest BCUT2D eigenvalue weighted by molar-refractivity contribution is 7.85. The second kappa shape index (κ2) is 8.66. The third-order valence-corrected chi connectivity index (χ3v) is 3.21.